The number of ether oxygens (including phenoxy) is 6. The van der Waals surface area contributed by atoms with E-state index in [4.69, 9.17) is 28.4 Å². The quantitative estimate of drug-likeness (QED) is 0.0199. The van der Waals surface area contributed by atoms with Crippen molar-refractivity contribution in [2.75, 3.05) is 26.4 Å². The number of carboxylic acids is 1. The Labute approximate surface area is 671 Å². The van der Waals surface area contributed by atoms with Gasteiger partial charge in [0.25, 0.3) is 5.79 Å². The highest BCUT2D eigenvalue weighted by molar-refractivity contribution is 5.77. The standard InChI is InChI=1S/C88H166N2O21/c1-4-6-8-10-12-14-16-18-20-22-24-26-28-30-31-32-33-34-35-36-38-40-42-44-46-48-50-52-54-56-58-60-62-75(98)90-69(70(95)61-59-57-55-53-51-49-47-45-43-41-39-37-29-27-25-23-21-19-17-15-13-11-9-7-5-2)67-106-85-80(102)79(101)82(74(66-93)108-85)109-86-81(103)84(78(100)73(65-92)107-86)111-88(87(104)105)63-71(96)76(89-68(3)94)83(110-88)77(99)72(97)64-91/h59,61,69-74,76-86,91-93,95-97,99-103H,4-58,60,62-67H2,1-3H3,(H,89,94)(H,90,98)(H,104,105)/b61-59+. The Morgan fingerprint density at radius 2 is 0.838 bits per heavy atom. The summed E-state index contributed by atoms with van der Waals surface area (Å²) in [5, 5.41) is 137. The number of carbonyl (C=O) groups is 3. The molecule has 3 heterocycles. The molecule has 0 aromatic carbocycles. The molecule has 0 aromatic heterocycles. The molecule has 2 amide bonds. The van der Waals surface area contributed by atoms with E-state index in [0.717, 1.165) is 51.9 Å². The number of amides is 2. The highest BCUT2D eigenvalue weighted by Crippen LogP contribution is 2.39. The summed E-state index contributed by atoms with van der Waals surface area (Å²) in [7, 11) is 0. The molecule has 3 rings (SSSR count). The molecular weight excluding hydrogens is 1420 g/mol. The van der Waals surface area contributed by atoms with Crippen LogP contribution in [0.25, 0.3) is 0 Å². The number of carboxylic acid groups (broad SMARTS) is 1. The van der Waals surface area contributed by atoms with Crippen molar-refractivity contribution in [1.82, 2.24) is 10.6 Å². The van der Waals surface area contributed by atoms with Gasteiger partial charge in [-0.05, 0) is 19.3 Å². The van der Waals surface area contributed by atoms with Gasteiger partial charge in [-0.1, -0.05) is 366 Å². The molecule has 23 nitrogen and oxygen atoms in total. The fourth-order valence-electron chi connectivity index (χ4n) is 16.1. The van der Waals surface area contributed by atoms with E-state index in [1.165, 1.54) is 302 Å². The first-order valence-corrected chi connectivity index (χ1v) is 45.6. The van der Waals surface area contributed by atoms with E-state index >= 15 is 0 Å². The summed E-state index contributed by atoms with van der Waals surface area (Å²) in [6.07, 6.45) is 46.9. The van der Waals surface area contributed by atoms with Crippen LogP contribution in [0.15, 0.2) is 12.2 Å². The molecule has 3 aliphatic rings. The third-order valence-electron chi connectivity index (χ3n) is 23.2. The van der Waals surface area contributed by atoms with Gasteiger partial charge in [0.05, 0.1) is 50.7 Å². The van der Waals surface area contributed by atoms with Crippen molar-refractivity contribution < 1.29 is 104 Å². The van der Waals surface area contributed by atoms with Crippen LogP contribution in [0.2, 0.25) is 0 Å². The monoisotopic (exact) mass is 1590 g/mol. The lowest BCUT2D eigenvalue weighted by Gasteiger charge is -2.50. The third kappa shape index (κ3) is 45.3. The minimum atomic E-state index is -3.08. The number of nitrogens with one attached hydrogen (secondary N) is 2. The average molecular weight is 1590 g/mol. The summed E-state index contributed by atoms with van der Waals surface area (Å²) >= 11 is 0. The number of unbranched alkanes of at least 4 members (excludes halogenated alkanes) is 54. The third-order valence-corrected chi connectivity index (χ3v) is 23.2. The van der Waals surface area contributed by atoms with E-state index in [9.17, 15) is 75.7 Å². The zero-order valence-corrected chi connectivity index (χ0v) is 69.9. The van der Waals surface area contributed by atoms with Gasteiger partial charge in [0.15, 0.2) is 12.6 Å². The Hall–Kier alpha value is -2.53. The Balaban J connectivity index is 1.45. The van der Waals surface area contributed by atoms with Crippen LogP contribution in [0.5, 0.6) is 0 Å². The van der Waals surface area contributed by atoms with Crippen molar-refractivity contribution in [2.24, 2.45) is 0 Å². The maximum Gasteiger partial charge on any atom is 0.364 e. The summed E-state index contributed by atoms with van der Waals surface area (Å²) in [6, 6.07) is -2.62. The number of carbonyl (C=O) groups excluding carboxylic acids is 2. The number of aliphatic hydroxyl groups excluding tert-OH is 11. The highest BCUT2D eigenvalue weighted by Gasteiger charge is 2.60. The van der Waals surface area contributed by atoms with Crippen molar-refractivity contribution in [3.8, 4) is 0 Å². The molecule has 0 saturated carbocycles. The number of rotatable bonds is 74. The Kier molecular flexibility index (Phi) is 61.4. The predicted octanol–water partition coefficient (Wildman–Crippen LogP) is 14.5. The van der Waals surface area contributed by atoms with Crippen molar-refractivity contribution in [2.45, 2.75) is 503 Å². The molecule has 3 fully saturated rings. The molecule has 18 atom stereocenters. The molecule has 654 valence electrons. The molecule has 18 unspecified atom stereocenters. The highest BCUT2D eigenvalue weighted by atomic mass is 16.8. The van der Waals surface area contributed by atoms with Crippen LogP contribution in [0.1, 0.15) is 393 Å². The smallest absolute Gasteiger partial charge is 0.364 e. The number of aliphatic carboxylic acids is 1. The Bertz CT molecular complexity index is 2240. The zero-order valence-electron chi connectivity index (χ0n) is 69.9. The topological polar surface area (TPSA) is 373 Å². The first kappa shape index (κ1) is 103. The van der Waals surface area contributed by atoms with Crippen molar-refractivity contribution >= 4 is 17.8 Å². The van der Waals surface area contributed by atoms with Gasteiger partial charge in [0.2, 0.25) is 11.8 Å². The molecule has 3 aliphatic heterocycles. The lowest BCUT2D eigenvalue weighted by atomic mass is 9.88. The van der Waals surface area contributed by atoms with E-state index in [1.54, 1.807) is 6.08 Å². The van der Waals surface area contributed by atoms with E-state index in [-0.39, 0.29) is 12.3 Å². The predicted molar refractivity (Wildman–Crippen MR) is 435 cm³/mol. The summed E-state index contributed by atoms with van der Waals surface area (Å²) in [4.78, 5) is 38.8. The van der Waals surface area contributed by atoms with Gasteiger partial charge in [-0.15, -0.1) is 0 Å². The SMILES string of the molecule is CCCCCCCCCCCCCCCCCCCCCCCCC/C=C/C(O)C(COC1OC(CO)C(OC2OC(CO)C(O)C(OC3(C(=O)O)CC(O)C(NC(C)=O)C(C(O)C(O)CO)O3)C2O)C(O)C1O)NC(=O)CCCCCCCCCCCCCCCCCCCCCCCCCCCCCCCCCC. The molecule has 14 N–H and O–H groups in total. The molecule has 23 heteroatoms. The Morgan fingerprint density at radius 3 is 1.20 bits per heavy atom. The number of allylic oxidation sites excluding steroid dienone is 1. The van der Waals surface area contributed by atoms with Crippen molar-refractivity contribution in [3.05, 3.63) is 12.2 Å². The van der Waals surface area contributed by atoms with Gasteiger partial charge in [-0.2, -0.15) is 0 Å². The molecule has 0 spiro atoms. The number of hydrogen-bond donors (Lipinski definition) is 14. The first-order valence-electron chi connectivity index (χ1n) is 45.6. The lowest BCUT2D eigenvalue weighted by molar-refractivity contribution is -0.386. The van der Waals surface area contributed by atoms with Crippen LogP contribution in [0.4, 0.5) is 0 Å². The minimum Gasteiger partial charge on any atom is -0.477 e. The zero-order chi connectivity index (χ0) is 81.0. The lowest BCUT2D eigenvalue weighted by Crippen LogP contribution is -2.70. The van der Waals surface area contributed by atoms with E-state index in [1.807, 2.05) is 6.08 Å². The maximum absolute atomic E-state index is 13.6. The molecular formula is C88H166N2O21. The van der Waals surface area contributed by atoms with Crippen LogP contribution in [0, 0.1) is 0 Å². The molecule has 111 heavy (non-hydrogen) atoms. The van der Waals surface area contributed by atoms with Gasteiger partial charge >= 0.3 is 5.97 Å². The second kappa shape index (κ2) is 66.4. The number of aliphatic hydroxyl groups is 11. The van der Waals surface area contributed by atoms with Crippen LogP contribution in [0.3, 0.4) is 0 Å². The average Bonchev–Trinajstić information content (AvgIpc) is 0.754. The van der Waals surface area contributed by atoms with E-state index < -0.39 is 155 Å². The molecule has 0 bridgehead atoms. The van der Waals surface area contributed by atoms with Gasteiger partial charge in [-0.25, -0.2) is 4.79 Å². The molecule has 0 aliphatic carbocycles. The first-order chi connectivity index (χ1) is 53.9. The van der Waals surface area contributed by atoms with Crippen molar-refractivity contribution in [3.63, 3.8) is 0 Å². The summed E-state index contributed by atoms with van der Waals surface area (Å²) in [5.41, 5.74) is 0. The summed E-state index contributed by atoms with van der Waals surface area (Å²) in [5.74, 6) is -6.13. The molecule has 0 aromatic rings. The molecule has 3 saturated heterocycles. The number of hydrogen-bond acceptors (Lipinski definition) is 20. The van der Waals surface area contributed by atoms with Crippen LogP contribution < -0.4 is 10.6 Å². The van der Waals surface area contributed by atoms with E-state index in [2.05, 4.69) is 24.5 Å². The van der Waals surface area contributed by atoms with Gasteiger partial charge in [0.1, 0.15) is 67.1 Å². The summed E-state index contributed by atoms with van der Waals surface area (Å²) < 4.78 is 35.0. The summed E-state index contributed by atoms with van der Waals surface area (Å²) in [6.45, 7) is 2.23. The normalized spacial score (nSPS) is 25.5. The fraction of sp³-hybridized carbons (Fsp3) is 0.943. The Morgan fingerprint density at radius 1 is 0.468 bits per heavy atom. The van der Waals surface area contributed by atoms with Crippen LogP contribution >= 0.6 is 0 Å². The minimum absolute atomic E-state index is 0.206. The van der Waals surface area contributed by atoms with Crippen molar-refractivity contribution in [1.29, 1.82) is 0 Å². The van der Waals surface area contributed by atoms with Gasteiger partial charge in [0, 0.05) is 19.8 Å². The second-order valence-corrected chi connectivity index (χ2v) is 33.2. The van der Waals surface area contributed by atoms with Crippen LogP contribution in [-0.4, -0.2) is 215 Å². The maximum atomic E-state index is 13.6. The second-order valence-electron chi connectivity index (χ2n) is 33.2. The fourth-order valence-corrected chi connectivity index (χ4v) is 16.1. The van der Waals surface area contributed by atoms with Crippen LogP contribution in [-0.2, 0) is 42.8 Å². The molecule has 0 radical (unpaired) electrons. The van der Waals surface area contributed by atoms with E-state index in [0.29, 0.717) is 12.8 Å². The van der Waals surface area contributed by atoms with Gasteiger partial charge in [-0.3, -0.25) is 9.59 Å². The van der Waals surface area contributed by atoms with Gasteiger partial charge < -0.3 is 100 Å². The largest absolute Gasteiger partial charge is 0.477 e.